The predicted octanol–water partition coefficient (Wildman–Crippen LogP) is 6.13. The molecule has 0 aromatic heterocycles. The average molecular weight is 601 g/mol. The van der Waals surface area contributed by atoms with Crippen LogP contribution in [0.2, 0.25) is 0 Å². The lowest BCUT2D eigenvalue weighted by Gasteiger charge is -2.29. The van der Waals surface area contributed by atoms with E-state index >= 15 is 0 Å². The van der Waals surface area contributed by atoms with Crippen LogP contribution in [0.25, 0.3) is 11.1 Å². The first-order valence-electron chi connectivity index (χ1n) is 13.3. The van der Waals surface area contributed by atoms with Gasteiger partial charge in [0.15, 0.2) is 11.6 Å². The minimum atomic E-state index is -1.02. The van der Waals surface area contributed by atoms with E-state index in [2.05, 4.69) is 5.43 Å². The van der Waals surface area contributed by atoms with Gasteiger partial charge in [-0.05, 0) is 57.5 Å². The Kier molecular flexibility index (Phi) is 10.9. The number of carbonyl (C=O) groups is 3. The number of anilines is 1. The third kappa shape index (κ3) is 8.81. The summed E-state index contributed by atoms with van der Waals surface area (Å²) in [5, 5.41) is 0.901. The zero-order chi connectivity index (χ0) is 31.7. The summed E-state index contributed by atoms with van der Waals surface area (Å²) < 4.78 is 54.1. The van der Waals surface area contributed by atoms with Crippen molar-refractivity contribution in [1.29, 1.82) is 0 Å². The molecule has 0 unspecified atom stereocenters. The van der Waals surface area contributed by atoms with Crippen LogP contribution in [0.4, 0.5) is 19.3 Å². The molecule has 0 heterocycles. The number of methoxy groups -OCH3 is 2. The van der Waals surface area contributed by atoms with Crippen LogP contribution in [-0.2, 0) is 25.6 Å². The molecule has 0 atom stereocenters. The fraction of sp³-hybridized carbons (Fsp3) is 0.323. The summed E-state index contributed by atoms with van der Waals surface area (Å²) in [5.74, 6) is -2.85. The Balaban J connectivity index is 1.91. The number of nitrogens with one attached hydrogen (secondary N) is 1. The molecule has 3 rings (SSSR count). The molecule has 0 saturated heterocycles. The van der Waals surface area contributed by atoms with Crippen molar-refractivity contribution in [3.05, 3.63) is 77.4 Å². The standard InChI is InChI=1S/C31H34F2N2O8/c1-7-41-27(36)17-35(30(38)43-31(2,3)4)34-28-20(9-8-10-22(28)29(37)40-6)18-42-21-13-11-19(12-14-21)23-15-24(32)25(33)16-26(23)39-5/h8-16,34H,7,17-18H2,1-6H3. The summed E-state index contributed by atoms with van der Waals surface area (Å²) in [5.41, 5.74) is 3.52. The van der Waals surface area contributed by atoms with E-state index in [1.807, 2.05) is 0 Å². The molecule has 0 spiro atoms. The molecule has 1 amide bonds. The molecule has 0 aliphatic heterocycles. The third-order valence-corrected chi connectivity index (χ3v) is 5.81. The Morgan fingerprint density at radius 2 is 1.63 bits per heavy atom. The molecule has 0 aliphatic rings. The zero-order valence-corrected chi connectivity index (χ0v) is 24.8. The van der Waals surface area contributed by atoms with Crippen LogP contribution in [0.5, 0.6) is 11.5 Å². The van der Waals surface area contributed by atoms with Crippen LogP contribution in [-0.4, -0.2) is 56.0 Å². The lowest BCUT2D eigenvalue weighted by Crippen LogP contribution is -2.44. The monoisotopic (exact) mass is 600 g/mol. The van der Waals surface area contributed by atoms with Gasteiger partial charge in [-0.15, -0.1) is 0 Å². The first-order chi connectivity index (χ1) is 20.4. The van der Waals surface area contributed by atoms with Gasteiger partial charge in [-0.1, -0.05) is 24.3 Å². The second-order valence-electron chi connectivity index (χ2n) is 10.1. The van der Waals surface area contributed by atoms with Gasteiger partial charge in [0.25, 0.3) is 0 Å². The Labute approximate surface area is 248 Å². The van der Waals surface area contributed by atoms with Crippen molar-refractivity contribution in [2.24, 2.45) is 0 Å². The number of ether oxygens (including phenoxy) is 5. The van der Waals surface area contributed by atoms with Gasteiger partial charge in [0.05, 0.1) is 32.1 Å². The molecule has 230 valence electrons. The van der Waals surface area contributed by atoms with E-state index in [4.69, 9.17) is 23.7 Å². The average Bonchev–Trinajstić information content (AvgIpc) is 2.96. The SMILES string of the molecule is CCOC(=O)CN(Nc1c(COc2ccc(-c3cc(F)c(F)cc3OC)cc2)cccc1C(=O)OC)C(=O)OC(C)(C)C. The van der Waals surface area contributed by atoms with Gasteiger partial charge in [-0.3, -0.25) is 10.2 Å². The fourth-order valence-electron chi connectivity index (χ4n) is 3.88. The largest absolute Gasteiger partial charge is 0.496 e. The van der Waals surface area contributed by atoms with Gasteiger partial charge in [-0.2, -0.15) is 0 Å². The van der Waals surface area contributed by atoms with Crippen molar-refractivity contribution in [1.82, 2.24) is 5.01 Å². The van der Waals surface area contributed by atoms with Crippen molar-refractivity contribution in [2.75, 3.05) is 32.8 Å². The van der Waals surface area contributed by atoms with Crippen LogP contribution in [0.3, 0.4) is 0 Å². The second-order valence-corrected chi connectivity index (χ2v) is 10.1. The highest BCUT2D eigenvalue weighted by Gasteiger charge is 2.27. The minimum Gasteiger partial charge on any atom is -0.496 e. The molecule has 12 heteroatoms. The van der Waals surface area contributed by atoms with Crippen LogP contribution in [0.15, 0.2) is 54.6 Å². The molecule has 3 aromatic carbocycles. The Hall–Kier alpha value is -4.87. The topological polar surface area (TPSA) is 113 Å². The highest BCUT2D eigenvalue weighted by molar-refractivity contribution is 5.97. The van der Waals surface area contributed by atoms with Crippen molar-refractivity contribution in [3.63, 3.8) is 0 Å². The first kappa shape index (κ1) is 32.6. The molecule has 43 heavy (non-hydrogen) atoms. The highest BCUT2D eigenvalue weighted by atomic mass is 19.2. The minimum absolute atomic E-state index is 0.0711. The lowest BCUT2D eigenvalue weighted by atomic mass is 10.0. The smallest absolute Gasteiger partial charge is 0.429 e. The van der Waals surface area contributed by atoms with Gasteiger partial charge < -0.3 is 23.7 Å². The van der Waals surface area contributed by atoms with E-state index in [1.54, 1.807) is 64.1 Å². The van der Waals surface area contributed by atoms with Gasteiger partial charge in [-0.25, -0.2) is 23.4 Å². The molecule has 10 nitrogen and oxygen atoms in total. The van der Waals surface area contributed by atoms with Crippen molar-refractivity contribution in [2.45, 2.75) is 39.9 Å². The number of hydrogen-bond donors (Lipinski definition) is 1. The molecule has 0 fully saturated rings. The van der Waals surface area contributed by atoms with Gasteiger partial charge in [0, 0.05) is 17.2 Å². The van der Waals surface area contributed by atoms with Crippen LogP contribution in [0, 0.1) is 11.6 Å². The number of nitrogens with zero attached hydrogens (tertiary/aromatic N) is 1. The Morgan fingerprint density at radius 1 is 0.953 bits per heavy atom. The number of amides is 1. The summed E-state index contributed by atoms with van der Waals surface area (Å²) in [7, 11) is 2.57. The highest BCUT2D eigenvalue weighted by Crippen LogP contribution is 2.33. The predicted molar refractivity (Wildman–Crippen MR) is 154 cm³/mol. The maximum atomic E-state index is 13.9. The van der Waals surface area contributed by atoms with Gasteiger partial charge >= 0.3 is 18.0 Å². The maximum Gasteiger partial charge on any atom is 0.429 e. The number of halogens is 2. The quantitative estimate of drug-likeness (QED) is 0.158. The summed E-state index contributed by atoms with van der Waals surface area (Å²) in [6.45, 7) is 6.14. The van der Waals surface area contributed by atoms with Crippen molar-refractivity contribution < 1.29 is 46.8 Å². The zero-order valence-electron chi connectivity index (χ0n) is 24.8. The summed E-state index contributed by atoms with van der Waals surface area (Å²) in [6.07, 6.45) is -0.879. The van der Waals surface area contributed by atoms with Crippen LogP contribution < -0.4 is 14.9 Å². The number of para-hydroxylation sites is 1. The van der Waals surface area contributed by atoms with E-state index < -0.39 is 41.8 Å². The maximum absolute atomic E-state index is 13.9. The van der Waals surface area contributed by atoms with Crippen molar-refractivity contribution >= 4 is 23.7 Å². The molecule has 0 saturated carbocycles. The summed E-state index contributed by atoms with van der Waals surface area (Å²) >= 11 is 0. The number of benzene rings is 3. The molecule has 3 aromatic rings. The fourth-order valence-corrected chi connectivity index (χ4v) is 3.88. The third-order valence-electron chi connectivity index (χ3n) is 5.81. The number of carbonyl (C=O) groups excluding carboxylic acids is 3. The van der Waals surface area contributed by atoms with Crippen LogP contribution in [0.1, 0.15) is 43.6 Å². The van der Waals surface area contributed by atoms with Gasteiger partial charge in [0.2, 0.25) is 0 Å². The molecule has 1 N–H and O–H groups in total. The van der Waals surface area contributed by atoms with E-state index in [0.717, 1.165) is 17.1 Å². The second kappa shape index (κ2) is 14.3. The number of esters is 2. The van der Waals surface area contributed by atoms with E-state index in [9.17, 15) is 23.2 Å². The molecule has 0 bridgehead atoms. The number of hydrogen-bond acceptors (Lipinski definition) is 9. The molecular formula is C31H34F2N2O8. The Bertz CT molecular complexity index is 1460. The summed E-state index contributed by atoms with van der Waals surface area (Å²) in [4.78, 5) is 38.0. The number of rotatable bonds is 11. The lowest BCUT2D eigenvalue weighted by molar-refractivity contribution is -0.144. The summed E-state index contributed by atoms with van der Waals surface area (Å²) in [6, 6.07) is 13.3. The molecular weight excluding hydrogens is 566 g/mol. The normalized spacial score (nSPS) is 10.9. The molecule has 0 aliphatic carbocycles. The van der Waals surface area contributed by atoms with E-state index in [-0.39, 0.29) is 30.2 Å². The number of hydrazine groups is 1. The van der Waals surface area contributed by atoms with Crippen molar-refractivity contribution in [3.8, 4) is 22.6 Å². The van der Waals surface area contributed by atoms with Crippen LogP contribution >= 0.6 is 0 Å². The van der Waals surface area contributed by atoms with Gasteiger partial charge in [0.1, 0.15) is 30.3 Å². The van der Waals surface area contributed by atoms with E-state index in [1.165, 1.54) is 20.3 Å². The first-order valence-corrected chi connectivity index (χ1v) is 13.3. The van der Waals surface area contributed by atoms with E-state index in [0.29, 0.717) is 22.4 Å². The Morgan fingerprint density at radius 3 is 2.23 bits per heavy atom. The molecule has 0 radical (unpaired) electrons.